The molecule has 1 rings (SSSR count). The minimum absolute atomic E-state index is 0.514. The highest BCUT2D eigenvalue weighted by Crippen LogP contribution is 2.15. The summed E-state index contributed by atoms with van der Waals surface area (Å²) in [6, 6.07) is 7.42. The Balaban J connectivity index is 2.82. The normalized spacial score (nSPS) is 14.4. The molecule has 0 radical (unpaired) electrons. The maximum absolute atomic E-state index is 11.2. The van der Waals surface area contributed by atoms with Crippen molar-refractivity contribution < 1.29 is 4.21 Å². The summed E-state index contributed by atoms with van der Waals surface area (Å²) >= 11 is 5.76. The van der Waals surface area contributed by atoms with Gasteiger partial charge in [0, 0.05) is 5.02 Å². The maximum atomic E-state index is 11.2. The van der Waals surface area contributed by atoms with Gasteiger partial charge in [-0.3, -0.25) is 5.14 Å². The average Bonchev–Trinajstić information content (AvgIpc) is 2.17. The van der Waals surface area contributed by atoms with Crippen molar-refractivity contribution in [3.63, 3.8) is 0 Å². The van der Waals surface area contributed by atoms with Crippen LogP contribution in [0.3, 0.4) is 0 Å². The molecule has 0 saturated carbocycles. The first-order valence-electron chi connectivity index (χ1n) is 4.53. The van der Waals surface area contributed by atoms with E-state index < -0.39 is 15.7 Å². The van der Waals surface area contributed by atoms with Crippen LogP contribution < -0.4 is 5.14 Å². The van der Waals surface area contributed by atoms with Crippen molar-refractivity contribution in [2.45, 2.75) is 18.6 Å². The fourth-order valence-electron chi connectivity index (χ4n) is 0.938. The van der Waals surface area contributed by atoms with Gasteiger partial charge in [-0.15, -0.1) is 0 Å². The standard InChI is InChI=1S/C11H14ClNOS/c1-11(2,15(13)14)8-7-9-3-5-10(12)6-4-9/h3-8H,13H2,1-2H3/b8-7+. The molecule has 4 heteroatoms. The molecule has 0 heterocycles. The molecule has 0 spiro atoms. The quantitative estimate of drug-likeness (QED) is 0.872. The van der Waals surface area contributed by atoms with Gasteiger partial charge in [-0.1, -0.05) is 35.9 Å². The van der Waals surface area contributed by atoms with Crippen LogP contribution in [0.2, 0.25) is 5.02 Å². The number of rotatable bonds is 3. The maximum Gasteiger partial charge on any atom is 0.0984 e. The summed E-state index contributed by atoms with van der Waals surface area (Å²) in [5.74, 6) is 0. The van der Waals surface area contributed by atoms with Crippen molar-refractivity contribution in [2.75, 3.05) is 0 Å². The number of hydrogen-bond acceptors (Lipinski definition) is 1. The third kappa shape index (κ3) is 3.78. The Labute approximate surface area is 97.7 Å². The van der Waals surface area contributed by atoms with Crippen LogP contribution in [0.5, 0.6) is 0 Å². The van der Waals surface area contributed by atoms with E-state index in [1.807, 2.05) is 50.3 Å². The molecule has 2 N–H and O–H groups in total. The molecule has 0 amide bonds. The summed E-state index contributed by atoms with van der Waals surface area (Å²) < 4.78 is 10.6. The van der Waals surface area contributed by atoms with Gasteiger partial charge < -0.3 is 0 Å². The van der Waals surface area contributed by atoms with E-state index in [9.17, 15) is 4.21 Å². The Kier molecular flexibility index (Phi) is 4.08. The molecular formula is C11H14ClNOS. The van der Waals surface area contributed by atoms with E-state index in [2.05, 4.69) is 0 Å². The number of benzene rings is 1. The van der Waals surface area contributed by atoms with Crippen LogP contribution in [0.25, 0.3) is 6.08 Å². The van der Waals surface area contributed by atoms with E-state index in [0.29, 0.717) is 5.02 Å². The van der Waals surface area contributed by atoms with Gasteiger partial charge in [-0.05, 0) is 31.5 Å². The monoisotopic (exact) mass is 243 g/mol. The Morgan fingerprint density at radius 2 is 1.87 bits per heavy atom. The van der Waals surface area contributed by atoms with Crippen molar-refractivity contribution in [1.82, 2.24) is 0 Å². The van der Waals surface area contributed by atoms with Gasteiger partial charge in [0.1, 0.15) is 0 Å². The Bertz CT molecular complexity index is 384. The van der Waals surface area contributed by atoms with Gasteiger partial charge in [0.15, 0.2) is 0 Å². The van der Waals surface area contributed by atoms with Crippen molar-refractivity contribution >= 4 is 28.7 Å². The van der Waals surface area contributed by atoms with Crippen molar-refractivity contribution in [1.29, 1.82) is 0 Å². The second-order valence-electron chi connectivity index (χ2n) is 3.79. The topological polar surface area (TPSA) is 43.1 Å². The number of nitrogens with two attached hydrogens (primary N) is 1. The van der Waals surface area contributed by atoms with Crippen LogP contribution in [0, 0.1) is 0 Å². The van der Waals surface area contributed by atoms with Crippen molar-refractivity contribution in [3.05, 3.63) is 40.9 Å². The van der Waals surface area contributed by atoms with E-state index in [1.54, 1.807) is 0 Å². The Hall–Kier alpha value is -0.640. The largest absolute Gasteiger partial charge is 0.251 e. The summed E-state index contributed by atoms with van der Waals surface area (Å²) in [4.78, 5) is 0. The molecule has 0 aliphatic rings. The minimum Gasteiger partial charge on any atom is -0.251 e. The Morgan fingerprint density at radius 3 is 2.33 bits per heavy atom. The van der Waals surface area contributed by atoms with E-state index in [0.717, 1.165) is 5.56 Å². The smallest absolute Gasteiger partial charge is 0.0984 e. The highest BCUT2D eigenvalue weighted by Gasteiger charge is 2.18. The number of halogens is 1. The van der Waals surface area contributed by atoms with Gasteiger partial charge in [-0.25, -0.2) is 4.21 Å². The van der Waals surface area contributed by atoms with E-state index in [-0.39, 0.29) is 0 Å². The molecule has 1 aromatic rings. The third-order valence-corrected chi connectivity index (χ3v) is 3.49. The summed E-state index contributed by atoms with van der Waals surface area (Å²) in [5.41, 5.74) is 1.01. The van der Waals surface area contributed by atoms with Gasteiger partial charge >= 0.3 is 0 Å². The molecule has 82 valence electrons. The predicted octanol–water partition coefficient (Wildman–Crippen LogP) is 2.75. The summed E-state index contributed by atoms with van der Waals surface area (Å²) in [5, 5.41) is 6.06. The molecule has 0 aromatic heterocycles. The predicted molar refractivity (Wildman–Crippen MR) is 66.9 cm³/mol. The van der Waals surface area contributed by atoms with E-state index >= 15 is 0 Å². The van der Waals surface area contributed by atoms with Gasteiger partial charge in [0.25, 0.3) is 0 Å². The molecule has 1 atom stereocenters. The minimum atomic E-state index is -1.37. The fourth-order valence-corrected chi connectivity index (χ4v) is 1.27. The Morgan fingerprint density at radius 1 is 1.33 bits per heavy atom. The van der Waals surface area contributed by atoms with E-state index in [4.69, 9.17) is 16.7 Å². The molecule has 0 bridgehead atoms. The molecule has 0 aliphatic carbocycles. The third-order valence-electron chi connectivity index (χ3n) is 2.07. The van der Waals surface area contributed by atoms with Crippen LogP contribution in [0.1, 0.15) is 19.4 Å². The van der Waals surface area contributed by atoms with Crippen LogP contribution in [0.15, 0.2) is 30.3 Å². The lowest BCUT2D eigenvalue weighted by Crippen LogP contribution is -2.29. The molecule has 0 saturated heterocycles. The zero-order valence-electron chi connectivity index (χ0n) is 8.74. The molecule has 2 nitrogen and oxygen atoms in total. The highest BCUT2D eigenvalue weighted by molar-refractivity contribution is 7.84. The number of hydrogen-bond donors (Lipinski definition) is 1. The van der Waals surface area contributed by atoms with Gasteiger partial charge in [0.05, 0.1) is 15.7 Å². The lowest BCUT2D eigenvalue weighted by Gasteiger charge is -2.15. The first-order chi connectivity index (χ1) is 6.92. The highest BCUT2D eigenvalue weighted by atomic mass is 35.5. The molecule has 15 heavy (non-hydrogen) atoms. The summed E-state index contributed by atoms with van der Waals surface area (Å²) in [6.07, 6.45) is 3.73. The lowest BCUT2D eigenvalue weighted by molar-refractivity contribution is 0.665. The van der Waals surface area contributed by atoms with Crippen molar-refractivity contribution in [2.24, 2.45) is 5.14 Å². The summed E-state index contributed by atoms with van der Waals surface area (Å²) in [7, 11) is -1.37. The second-order valence-corrected chi connectivity index (χ2v) is 5.87. The molecule has 1 unspecified atom stereocenters. The zero-order chi connectivity index (χ0) is 11.5. The summed E-state index contributed by atoms with van der Waals surface area (Å²) in [6.45, 7) is 3.66. The van der Waals surface area contributed by atoms with Crippen LogP contribution in [-0.2, 0) is 11.0 Å². The second kappa shape index (κ2) is 4.92. The van der Waals surface area contributed by atoms with Gasteiger partial charge in [0.2, 0.25) is 0 Å². The molecule has 1 aromatic carbocycles. The molecule has 0 fully saturated rings. The van der Waals surface area contributed by atoms with Gasteiger partial charge in [-0.2, -0.15) is 0 Å². The first-order valence-corrected chi connectivity index (χ1v) is 6.12. The van der Waals surface area contributed by atoms with Crippen LogP contribution in [0.4, 0.5) is 0 Å². The molecular weight excluding hydrogens is 230 g/mol. The first kappa shape index (κ1) is 12.4. The zero-order valence-corrected chi connectivity index (χ0v) is 10.3. The molecule has 0 aliphatic heterocycles. The van der Waals surface area contributed by atoms with Crippen molar-refractivity contribution in [3.8, 4) is 0 Å². The van der Waals surface area contributed by atoms with Crippen LogP contribution >= 0.6 is 11.6 Å². The van der Waals surface area contributed by atoms with E-state index in [1.165, 1.54) is 0 Å². The fraction of sp³-hybridized carbons (Fsp3) is 0.273. The average molecular weight is 244 g/mol. The lowest BCUT2D eigenvalue weighted by atomic mass is 10.1. The van der Waals surface area contributed by atoms with Crippen LogP contribution in [-0.4, -0.2) is 8.96 Å². The SMILES string of the molecule is CC(C)(/C=C/c1ccc(Cl)cc1)S(N)=O.